The van der Waals surface area contributed by atoms with Gasteiger partial charge in [-0.1, -0.05) is 25.6 Å². The van der Waals surface area contributed by atoms with E-state index < -0.39 is 0 Å². The lowest BCUT2D eigenvalue weighted by Crippen LogP contribution is -2.54. The number of carbonyl (C=O) groups excluding carboxylic acids is 1. The number of benzene rings is 1. The van der Waals surface area contributed by atoms with Crippen molar-refractivity contribution in [3.8, 4) is 6.07 Å². The summed E-state index contributed by atoms with van der Waals surface area (Å²) in [6.07, 6.45) is 1.83. The summed E-state index contributed by atoms with van der Waals surface area (Å²) in [6.45, 7) is 11.5. The topological polar surface area (TPSA) is 76.6 Å². The van der Waals surface area contributed by atoms with Gasteiger partial charge in [0.2, 0.25) is 5.91 Å². The van der Waals surface area contributed by atoms with Crippen LogP contribution in [0.3, 0.4) is 0 Å². The Morgan fingerprint density at radius 1 is 1.42 bits per heavy atom. The van der Waals surface area contributed by atoms with Crippen LogP contribution in [0.1, 0.15) is 45.2 Å². The number of fused-ring (bicyclic) bond motifs is 2. The van der Waals surface area contributed by atoms with Crippen molar-refractivity contribution in [1.29, 1.82) is 5.26 Å². The predicted octanol–water partition coefficient (Wildman–Crippen LogP) is 2.64. The number of piperazine rings is 1. The van der Waals surface area contributed by atoms with Gasteiger partial charge in [-0.2, -0.15) is 5.26 Å². The van der Waals surface area contributed by atoms with Gasteiger partial charge in [0.05, 0.1) is 24.2 Å². The average molecular weight is 426 g/mol. The van der Waals surface area contributed by atoms with E-state index in [0.29, 0.717) is 18.5 Å². The van der Waals surface area contributed by atoms with Crippen LogP contribution in [0, 0.1) is 23.1 Å². The number of amides is 1. The van der Waals surface area contributed by atoms with Gasteiger partial charge in [0.15, 0.2) is 0 Å². The van der Waals surface area contributed by atoms with Crippen LogP contribution in [0.25, 0.3) is 0 Å². The summed E-state index contributed by atoms with van der Waals surface area (Å²) in [5.74, 6) is 0.347. The first-order valence-electron chi connectivity index (χ1n) is 11.2. The molecule has 1 amide bonds. The maximum absolute atomic E-state index is 13.7. The molecule has 0 aromatic heterocycles. The number of hydrogen-bond acceptors (Lipinski definition) is 5. The molecular formula is C24H32FN5O. The van der Waals surface area contributed by atoms with Crippen molar-refractivity contribution in [2.24, 2.45) is 11.7 Å². The quantitative estimate of drug-likeness (QED) is 0.693. The third kappa shape index (κ3) is 3.95. The fourth-order valence-electron chi connectivity index (χ4n) is 5.38. The zero-order valence-electron chi connectivity index (χ0n) is 18.5. The summed E-state index contributed by atoms with van der Waals surface area (Å²) < 4.78 is 13.7. The van der Waals surface area contributed by atoms with Crippen LogP contribution in [0.4, 0.5) is 4.39 Å². The molecule has 4 rings (SSSR count). The van der Waals surface area contributed by atoms with Crippen molar-refractivity contribution in [1.82, 2.24) is 14.7 Å². The lowest BCUT2D eigenvalue weighted by atomic mass is 10.1. The van der Waals surface area contributed by atoms with Crippen molar-refractivity contribution in [2.75, 3.05) is 13.1 Å². The lowest BCUT2D eigenvalue weighted by molar-refractivity contribution is -0.139. The number of halogens is 1. The Balaban J connectivity index is 1.41. The summed E-state index contributed by atoms with van der Waals surface area (Å²) in [5, 5.41) is 9.44. The van der Waals surface area contributed by atoms with Crippen LogP contribution in [-0.4, -0.2) is 63.9 Å². The number of rotatable bonds is 8. The Labute approximate surface area is 184 Å². The van der Waals surface area contributed by atoms with Gasteiger partial charge in [0.1, 0.15) is 11.9 Å². The molecule has 5 unspecified atom stereocenters. The molecule has 1 aromatic rings. The normalized spacial score (nSPS) is 30.1. The van der Waals surface area contributed by atoms with E-state index in [1.54, 1.807) is 6.07 Å². The van der Waals surface area contributed by atoms with E-state index >= 15 is 0 Å². The number of carbonyl (C=O) groups is 1. The minimum absolute atomic E-state index is 0.0869. The summed E-state index contributed by atoms with van der Waals surface area (Å²) in [4.78, 5) is 19.3. The lowest BCUT2D eigenvalue weighted by Gasteiger charge is -2.39. The largest absolute Gasteiger partial charge is 0.355 e. The zero-order chi connectivity index (χ0) is 22.4. The van der Waals surface area contributed by atoms with E-state index in [2.05, 4.69) is 29.4 Å². The summed E-state index contributed by atoms with van der Waals surface area (Å²) in [5.41, 5.74) is 8.12. The predicted molar refractivity (Wildman–Crippen MR) is 117 cm³/mol. The van der Waals surface area contributed by atoms with Gasteiger partial charge in [0.25, 0.3) is 0 Å². The molecule has 1 aliphatic carbocycles. The van der Waals surface area contributed by atoms with Crippen molar-refractivity contribution in [2.45, 2.75) is 69.9 Å². The van der Waals surface area contributed by atoms with Crippen LogP contribution in [-0.2, 0) is 4.79 Å². The smallest absolute Gasteiger partial charge is 0.240 e. The number of likely N-dealkylation sites (tertiary alicyclic amines) is 2. The Morgan fingerprint density at radius 2 is 2.13 bits per heavy atom. The Hall–Kier alpha value is -2.43. The maximum Gasteiger partial charge on any atom is 0.240 e. The first kappa shape index (κ1) is 21.8. The highest BCUT2D eigenvalue weighted by molar-refractivity contribution is 5.86. The first-order valence-corrected chi connectivity index (χ1v) is 11.2. The Morgan fingerprint density at radius 3 is 2.71 bits per heavy atom. The second-order valence-electron chi connectivity index (χ2n) is 9.43. The third-order valence-electron chi connectivity index (χ3n) is 7.28. The maximum atomic E-state index is 13.7. The molecule has 166 valence electrons. The highest BCUT2D eigenvalue weighted by Crippen LogP contribution is 2.40. The fourth-order valence-corrected chi connectivity index (χ4v) is 5.38. The van der Waals surface area contributed by atoms with Gasteiger partial charge in [-0.05, 0) is 50.3 Å². The molecule has 6 nitrogen and oxygen atoms in total. The Bertz CT molecular complexity index is 913. The van der Waals surface area contributed by atoms with Crippen molar-refractivity contribution in [3.63, 3.8) is 0 Å². The molecule has 0 radical (unpaired) electrons. The fraction of sp³-hybridized carbons (Fsp3) is 0.583. The second-order valence-corrected chi connectivity index (χ2v) is 9.43. The second kappa shape index (κ2) is 8.25. The molecule has 3 aliphatic rings. The molecule has 2 saturated heterocycles. The van der Waals surface area contributed by atoms with Gasteiger partial charge in [-0.25, -0.2) is 4.39 Å². The average Bonchev–Trinajstić information content (AvgIpc) is 3.17. The highest BCUT2D eigenvalue weighted by Gasteiger charge is 2.51. The van der Waals surface area contributed by atoms with Gasteiger partial charge in [-0.15, -0.1) is 0 Å². The minimum atomic E-state index is -0.329. The number of nitriles is 1. The molecule has 31 heavy (non-hydrogen) atoms. The molecule has 7 atom stereocenters. The van der Waals surface area contributed by atoms with Gasteiger partial charge in [0, 0.05) is 30.9 Å². The molecule has 1 aromatic carbocycles. The standard InChI is InChI=1S/C24H32FN5O/c1-14-8-22(14)29(15(2)11-26)17(4)21(27)13-28-12-20-10-23(28)24(31)30(20)16(3)18-6-5-7-19(25)9-18/h5-7,9,14-16,20-23H,4,8,10,12-13,27H2,1-3H3/t14-,15+,16?,20?,21?,22?,23?/m1/s1. The molecule has 2 aliphatic heterocycles. The van der Waals surface area contributed by atoms with E-state index in [1.807, 2.05) is 24.8 Å². The van der Waals surface area contributed by atoms with Crippen LogP contribution >= 0.6 is 0 Å². The van der Waals surface area contributed by atoms with E-state index in [9.17, 15) is 14.4 Å². The monoisotopic (exact) mass is 425 g/mol. The molecule has 0 spiro atoms. The first-order chi connectivity index (χ1) is 14.7. The van der Waals surface area contributed by atoms with E-state index in [-0.39, 0.29) is 41.9 Å². The number of nitrogens with two attached hydrogens (primary N) is 1. The molecule has 2 N–H and O–H groups in total. The van der Waals surface area contributed by atoms with Gasteiger partial charge >= 0.3 is 0 Å². The molecule has 1 saturated carbocycles. The minimum Gasteiger partial charge on any atom is -0.355 e. The summed E-state index contributed by atoms with van der Waals surface area (Å²) in [7, 11) is 0. The molecule has 2 heterocycles. The van der Waals surface area contributed by atoms with Crippen LogP contribution < -0.4 is 5.73 Å². The Kier molecular flexibility index (Phi) is 5.80. The van der Waals surface area contributed by atoms with Crippen LogP contribution in [0.2, 0.25) is 0 Å². The van der Waals surface area contributed by atoms with Gasteiger partial charge < -0.3 is 15.5 Å². The van der Waals surface area contributed by atoms with E-state index in [0.717, 1.165) is 30.6 Å². The highest BCUT2D eigenvalue weighted by atomic mass is 19.1. The third-order valence-corrected chi connectivity index (χ3v) is 7.28. The zero-order valence-corrected chi connectivity index (χ0v) is 18.5. The summed E-state index contributed by atoms with van der Waals surface area (Å²) >= 11 is 0. The van der Waals surface area contributed by atoms with Crippen LogP contribution in [0.15, 0.2) is 36.5 Å². The van der Waals surface area contributed by atoms with Crippen molar-refractivity contribution < 1.29 is 9.18 Å². The number of nitrogens with zero attached hydrogens (tertiary/aromatic N) is 4. The number of hydrogen-bond donors (Lipinski definition) is 1. The molecule has 2 bridgehead atoms. The SMILES string of the molecule is C=C(C(N)CN1CC2CC1C(=O)N2C(C)c1cccc(F)c1)N(C1C[C@H]1C)[C@@H](C)C#N. The molecule has 3 fully saturated rings. The summed E-state index contributed by atoms with van der Waals surface area (Å²) in [6, 6.07) is 8.28. The van der Waals surface area contributed by atoms with E-state index in [4.69, 9.17) is 5.73 Å². The van der Waals surface area contributed by atoms with Gasteiger partial charge in [-0.3, -0.25) is 9.69 Å². The van der Waals surface area contributed by atoms with Crippen LogP contribution in [0.5, 0.6) is 0 Å². The van der Waals surface area contributed by atoms with Crippen molar-refractivity contribution in [3.05, 3.63) is 47.9 Å². The van der Waals surface area contributed by atoms with E-state index in [1.165, 1.54) is 12.1 Å². The van der Waals surface area contributed by atoms with Crippen molar-refractivity contribution >= 4 is 5.91 Å². The molecular weight excluding hydrogens is 393 g/mol. The molecule has 7 heteroatoms.